The van der Waals surface area contributed by atoms with Gasteiger partial charge in [0.15, 0.2) is 0 Å². The summed E-state index contributed by atoms with van der Waals surface area (Å²) in [5.41, 5.74) is 19.2. The predicted molar refractivity (Wildman–Crippen MR) is 258 cm³/mol. The molecule has 0 atom stereocenters. The zero-order valence-electron chi connectivity index (χ0n) is 35.2. The topological polar surface area (TPSA) is 9.86 Å². The van der Waals surface area contributed by atoms with Gasteiger partial charge in [-0.05, 0) is 142 Å². The van der Waals surface area contributed by atoms with Crippen LogP contribution in [0.25, 0.3) is 82.3 Å². The smallest absolute Gasteiger partial charge is 0.333 e. The zero-order valence-corrected chi connectivity index (χ0v) is 35.2. The van der Waals surface area contributed by atoms with E-state index >= 15 is 0 Å². The Kier molecular flexibility index (Phi) is 6.76. The molecule has 0 radical (unpaired) electrons. The van der Waals surface area contributed by atoms with E-state index in [0.29, 0.717) is 5.41 Å². The van der Waals surface area contributed by atoms with Gasteiger partial charge in [-0.3, -0.25) is 0 Å². The monoisotopic (exact) mass is 786 g/mol. The van der Waals surface area contributed by atoms with Gasteiger partial charge >= 0.3 is 6.85 Å². The van der Waals surface area contributed by atoms with Crippen molar-refractivity contribution in [1.29, 1.82) is 0 Å². The molecule has 4 bridgehead atoms. The van der Waals surface area contributed by atoms with Crippen LogP contribution in [-0.4, -0.2) is 15.9 Å². The van der Waals surface area contributed by atoms with Crippen molar-refractivity contribution in [3.63, 3.8) is 0 Å². The van der Waals surface area contributed by atoms with Gasteiger partial charge in [-0.1, -0.05) is 142 Å². The molecule has 4 aliphatic carbocycles. The fraction of sp³-hybridized carbons (Fsp3) is 0.310. The average molecular weight is 787 g/mol. The normalized spacial score (nSPS) is 24.9. The van der Waals surface area contributed by atoms with Crippen LogP contribution in [0.2, 0.25) is 0 Å². The summed E-state index contributed by atoms with van der Waals surface area (Å²) < 4.78 is 5.55. The van der Waals surface area contributed by atoms with Gasteiger partial charge in [0.25, 0.3) is 0 Å². The molecule has 2 nitrogen and oxygen atoms in total. The Labute approximate surface area is 358 Å². The Hall–Kier alpha value is -5.54. The number of aromatic nitrogens is 2. The standard InChI is InChI=1S/C58H51BN2/c1-2-15-38(16-3-1)40-29-47-49-33-42(58-27-9-13-37(35-58)14-10-28-58)32-48-46-31-41(57-25-7-11-36(34-57)12-8-26-57)22-24-51(46)61(55(48)49)59-50-20-6-19-44-45-23-21-39-17-4-5-18-43(39)54(45)60(56(44)50)52(30-40)53(47)59/h1-6,15-24,29-33,36-37H,7-14,25-28,34-35H2. The van der Waals surface area contributed by atoms with Crippen molar-refractivity contribution in [1.82, 2.24) is 9.05 Å². The Bertz CT molecular complexity index is 3340. The maximum absolute atomic E-state index is 2.85. The molecular formula is C58H51BN2. The highest BCUT2D eigenvalue weighted by Crippen LogP contribution is 2.55. The van der Waals surface area contributed by atoms with Crippen LogP contribution >= 0.6 is 0 Å². The van der Waals surface area contributed by atoms with Crippen LogP contribution in [0.5, 0.6) is 0 Å². The molecule has 2 aliphatic heterocycles. The number of nitrogens with zero attached hydrogens (tertiary/aromatic N) is 2. The molecule has 7 aromatic carbocycles. The van der Waals surface area contributed by atoms with Crippen molar-refractivity contribution in [2.24, 2.45) is 11.8 Å². The lowest BCUT2D eigenvalue weighted by molar-refractivity contribution is 0.149. The minimum absolute atomic E-state index is 0.0737. The molecule has 296 valence electrons. The van der Waals surface area contributed by atoms with E-state index in [2.05, 4.69) is 136 Å². The molecule has 2 aromatic heterocycles. The second kappa shape index (κ2) is 12.1. The first kappa shape index (κ1) is 34.1. The van der Waals surface area contributed by atoms with Gasteiger partial charge in [0.05, 0.1) is 11.0 Å². The van der Waals surface area contributed by atoms with Crippen molar-refractivity contribution in [2.45, 2.75) is 101 Å². The number of benzene rings is 7. The predicted octanol–water partition coefficient (Wildman–Crippen LogP) is 13.9. The minimum Gasteiger partial charge on any atom is -0.375 e. The molecule has 4 saturated carbocycles. The summed E-state index contributed by atoms with van der Waals surface area (Å²) in [7, 11) is 0. The molecule has 0 N–H and O–H groups in total. The first-order valence-electron chi connectivity index (χ1n) is 24.0. The minimum atomic E-state index is 0.0737. The molecule has 0 amide bonds. The lowest BCUT2D eigenvalue weighted by Crippen LogP contribution is -2.55. The van der Waals surface area contributed by atoms with Crippen LogP contribution in [0, 0.1) is 11.8 Å². The van der Waals surface area contributed by atoms with Crippen molar-refractivity contribution in [3.05, 3.63) is 139 Å². The van der Waals surface area contributed by atoms with Crippen molar-refractivity contribution < 1.29 is 0 Å². The van der Waals surface area contributed by atoms with E-state index in [1.165, 1.54) is 183 Å². The molecule has 0 unspecified atom stereocenters. The molecule has 3 heteroatoms. The zero-order chi connectivity index (χ0) is 39.6. The first-order valence-corrected chi connectivity index (χ1v) is 24.0. The maximum atomic E-state index is 2.85. The van der Waals surface area contributed by atoms with Gasteiger partial charge in [0.2, 0.25) is 0 Å². The van der Waals surface area contributed by atoms with Crippen molar-refractivity contribution >= 4 is 72.2 Å². The number of para-hydroxylation sites is 1. The van der Waals surface area contributed by atoms with E-state index < -0.39 is 0 Å². The number of hydrogen-bond acceptors (Lipinski definition) is 0. The maximum Gasteiger partial charge on any atom is 0.333 e. The van der Waals surface area contributed by atoms with E-state index in [0.717, 1.165) is 11.8 Å². The van der Waals surface area contributed by atoms with Gasteiger partial charge in [0, 0.05) is 49.2 Å². The summed E-state index contributed by atoms with van der Waals surface area (Å²) in [4.78, 5) is 0. The lowest BCUT2D eigenvalue weighted by atomic mass is 9.45. The molecule has 9 aromatic rings. The quantitative estimate of drug-likeness (QED) is 0.158. The Balaban J connectivity index is 1.11. The third-order valence-corrected chi connectivity index (χ3v) is 17.9. The van der Waals surface area contributed by atoms with Crippen molar-refractivity contribution in [2.75, 3.05) is 0 Å². The van der Waals surface area contributed by atoms with Crippen LogP contribution in [0.1, 0.15) is 101 Å². The Morgan fingerprint density at radius 3 is 1.95 bits per heavy atom. The first-order chi connectivity index (χ1) is 30.1. The third-order valence-electron chi connectivity index (χ3n) is 17.9. The fourth-order valence-corrected chi connectivity index (χ4v) is 15.4. The summed E-state index contributed by atoms with van der Waals surface area (Å²) >= 11 is 0. The van der Waals surface area contributed by atoms with Crippen molar-refractivity contribution in [3.8, 4) is 27.9 Å². The SMILES string of the molecule is c1ccc(-c2cc3c4c(c2)-n2c5c(cccc5c5ccc6ccccc6c52)B4n2c4ccc(C56CCCC(CCC5)C6)cc4c4cc(C56CCCC(CCC5)C6)cc-3c42)cc1. The average Bonchev–Trinajstić information content (AvgIpc) is 3.83. The molecule has 6 aliphatic rings. The Morgan fingerprint density at radius 1 is 0.475 bits per heavy atom. The molecule has 0 spiro atoms. The lowest BCUT2D eigenvalue weighted by Gasteiger charge is -2.46. The number of fused-ring (bicyclic) bond motifs is 16. The highest BCUT2D eigenvalue weighted by Gasteiger charge is 2.46. The van der Waals surface area contributed by atoms with Gasteiger partial charge in [0.1, 0.15) is 0 Å². The molecule has 61 heavy (non-hydrogen) atoms. The van der Waals surface area contributed by atoms with Gasteiger partial charge in [-0.2, -0.15) is 0 Å². The Morgan fingerprint density at radius 2 is 1.16 bits per heavy atom. The van der Waals surface area contributed by atoms with Crippen LogP contribution in [0.4, 0.5) is 0 Å². The van der Waals surface area contributed by atoms with E-state index in [9.17, 15) is 0 Å². The van der Waals surface area contributed by atoms with E-state index in [-0.39, 0.29) is 12.3 Å². The molecular weight excluding hydrogens is 735 g/mol. The summed E-state index contributed by atoms with van der Waals surface area (Å²) in [5.74, 6) is 1.78. The highest BCUT2D eigenvalue weighted by molar-refractivity contribution is 6.90. The largest absolute Gasteiger partial charge is 0.375 e. The third kappa shape index (κ3) is 4.45. The summed E-state index contributed by atoms with van der Waals surface area (Å²) in [6.07, 6.45) is 19.4. The molecule has 4 fully saturated rings. The number of hydrogen-bond donors (Lipinski definition) is 0. The van der Waals surface area contributed by atoms with Crippen LogP contribution in [0.3, 0.4) is 0 Å². The van der Waals surface area contributed by atoms with Crippen LogP contribution in [-0.2, 0) is 10.8 Å². The van der Waals surface area contributed by atoms with E-state index in [4.69, 9.17) is 0 Å². The van der Waals surface area contributed by atoms with Crippen LogP contribution in [0.15, 0.2) is 127 Å². The summed E-state index contributed by atoms with van der Waals surface area (Å²) in [6, 6.07) is 50.8. The second-order valence-corrected chi connectivity index (χ2v) is 20.8. The summed E-state index contributed by atoms with van der Waals surface area (Å²) in [5, 5.41) is 8.34. The van der Waals surface area contributed by atoms with E-state index in [1.807, 2.05) is 0 Å². The van der Waals surface area contributed by atoms with Gasteiger partial charge in [-0.25, -0.2) is 0 Å². The van der Waals surface area contributed by atoms with Crippen LogP contribution < -0.4 is 10.9 Å². The number of rotatable bonds is 3. The second-order valence-electron chi connectivity index (χ2n) is 20.8. The highest BCUT2D eigenvalue weighted by atomic mass is 15.0. The fourth-order valence-electron chi connectivity index (χ4n) is 15.4. The summed E-state index contributed by atoms with van der Waals surface area (Å²) in [6.45, 7) is 0.0737. The van der Waals surface area contributed by atoms with Gasteiger partial charge < -0.3 is 9.05 Å². The van der Waals surface area contributed by atoms with Gasteiger partial charge in [-0.15, -0.1) is 0 Å². The van der Waals surface area contributed by atoms with E-state index in [1.54, 1.807) is 11.1 Å². The molecule has 15 rings (SSSR count). The molecule has 0 saturated heterocycles. The molecule has 4 heterocycles.